The van der Waals surface area contributed by atoms with Crippen LogP contribution in [-0.4, -0.2) is 39.2 Å². The van der Waals surface area contributed by atoms with Gasteiger partial charge in [0.1, 0.15) is 5.69 Å². The number of anilines is 2. The molecule has 2 aromatic heterocycles. The fourth-order valence-corrected chi connectivity index (χ4v) is 3.30. The van der Waals surface area contributed by atoms with Gasteiger partial charge in [-0.25, -0.2) is 9.59 Å². The molecule has 0 spiro atoms. The number of carboxylic acid groups (broad SMARTS) is 1. The highest BCUT2D eigenvalue weighted by Gasteiger charge is 2.38. The summed E-state index contributed by atoms with van der Waals surface area (Å²) in [6.07, 6.45) is -1.79. The first-order chi connectivity index (χ1) is 17.0. The number of hydrogen-bond acceptors (Lipinski definition) is 4. The summed E-state index contributed by atoms with van der Waals surface area (Å²) in [5.74, 6) is -3.31. The third kappa shape index (κ3) is 6.51. The zero-order chi connectivity index (χ0) is 26.5. The number of nitrogens with two attached hydrogens (primary N) is 1. The minimum atomic E-state index is -5.08. The van der Waals surface area contributed by atoms with E-state index in [0.717, 1.165) is 16.5 Å². The summed E-state index contributed by atoms with van der Waals surface area (Å²) >= 11 is 5.92. The Hall–Kier alpha value is -4.58. The van der Waals surface area contributed by atoms with Crippen molar-refractivity contribution in [2.24, 2.45) is 5.73 Å². The van der Waals surface area contributed by atoms with Crippen molar-refractivity contribution in [3.8, 4) is 11.1 Å². The maximum absolute atomic E-state index is 12.2. The molecule has 0 atom stereocenters. The van der Waals surface area contributed by atoms with Crippen molar-refractivity contribution in [3.05, 3.63) is 77.7 Å². The van der Waals surface area contributed by atoms with E-state index in [9.17, 15) is 22.8 Å². The predicted molar refractivity (Wildman–Crippen MR) is 128 cm³/mol. The molecule has 6 N–H and O–H groups in total. The first-order valence-corrected chi connectivity index (χ1v) is 10.3. The molecule has 9 nitrogen and oxygen atoms in total. The average molecular weight is 520 g/mol. The van der Waals surface area contributed by atoms with E-state index in [-0.39, 0.29) is 0 Å². The molecule has 4 aromatic rings. The first-order valence-electron chi connectivity index (χ1n) is 9.95. The molecule has 36 heavy (non-hydrogen) atoms. The number of aliphatic carboxylic acids is 1. The van der Waals surface area contributed by atoms with Gasteiger partial charge in [0.2, 0.25) is 0 Å². The van der Waals surface area contributed by atoms with E-state index >= 15 is 0 Å². The summed E-state index contributed by atoms with van der Waals surface area (Å²) in [6, 6.07) is 15.4. The number of benzene rings is 2. The monoisotopic (exact) mass is 519 g/mol. The number of alkyl halides is 3. The number of carbonyl (C=O) groups excluding carboxylic acids is 2. The number of halogens is 4. The van der Waals surface area contributed by atoms with Crippen LogP contribution in [0.2, 0.25) is 5.02 Å². The Bertz CT molecular complexity index is 1420. The Morgan fingerprint density at radius 1 is 1.00 bits per heavy atom. The van der Waals surface area contributed by atoms with Crippen molar-refractivity contribution >= 4 is 51.8 Å². The molecule has 0 saturated heterocycles. The van der Waals surface area contributed by atoms with Crippen LogP contribution in [-0.2, 0) is 4.79 Å². The van der Waals surface area contributed by atoms with Crippen molar-refractivity contribution in [1.29, 1.82) is 0 Å². The lowest BCUT2D eigenvalue weighted by molar-refractivity contribution is -0.192. The van der Waals surface area contributed by atoms with Crippen LogP contribution in [0.5, 0.6) is 0 Å². The van der Waals surface area contributed by atoms with Gasteiger partial charge in [-0.15, -0.1) is 0 Å². The topological polar surface area (TPSA) is 150 Å². The summed E-state index contributed by atoms with van der Waals surface area (Å²) in [6.45, 7) is 0. The number of hydrogen-bond donors (Lipinski definition) is 5. The highest BCUT2D eigenvalue weighted by molar-refractivity contribution is 6.30. The minimum absolute atomic E-state index is 0.312. The summed E-state index contributed by atoms with van der Waals surface area (Å²) in [7, 11) is 0. The molecule has 0 unspecified atom stereocenters. The van der Waals surface area contributed by atoms with Gasteiger partial charge in [0.15, 0.2) is 0 Å². The maximum atomic E-state index is 12.2. The third-order valence-electron chi connectivity index (χ3n) is 4.60. The number of nitrogens with zero attached hydrogens (tertiary/aromatic N) is 1. The largest absolute Gasteiger partial charge is 0.490 e. The number of primary amides is 1. The van der Waals surface area contributed by atoms with E-state index in [4.69, 9.17) is 27.2 Å². The molecule has 186 valence electrons. The summed E-state index contributed by atoms with van der Waals surface area (Å²) in [5, 5.41) is 14.0. The van der Waals surface area contributed by atoms with Gasteiger partial charge in [0.25, 0.3) is 5.91 Å². The van der Waals surface area contributed by atoms with Gasteiger partial charge >= 0.3 is 18.2 Å². The first kappa shape index (κ1) is 26.0. The van der Waals surface area contributed by atoms with E-state index in [1.807, 2.05) is 18.2 Å². The third-order valence-corrected chi connectivity index (χ3v) is 4.84. The zero-order valence-electron chi connectivity index (χ0n) is 18.1. The van der Waals surface area contributed by atoms with Crippen molar-refractivity contribution in [2.75, 3.05) is 10.6 Å². The summed E-state index contributed by atoms with van der Waals surface area (Å²) in [5.41, 5.74) is 9.23. The molecule has 4 rings (SSSR count). The molecule has 2 heterocycles. The molecule has 3 amide bonds. The normalized spacial score (nSPS) is 10.8. The zero-order valence-corrected chi connectivity index (χ0v) is 18.8. The number of fused-ring (bicyclic) bond motifs is 1. The van der Waals surface area contributed by atoms with Crippen LogP contribution in [0.3, 0.4) is 0 Å². The minimum Gasteiger partial charge on any atom is -0.475 e. The molecular weight excluding hydrogens is 503 g/mol. The SMILES string of the molecule is NC(=O)c1[nH]c2cnccc2c1-c1ccc(NC(=O)Nc2cccc(Cl)c2)cc1.O=C(O)C(F)(F)F. The van der Waals surface area contributed by atoms with Crippen LogP contribution in [0.25, 0.3) is 22.0 Å². The number of pyridine rings is 1. The lowest BCUT2D eigenvalue weighted by atomic mass is 10.0. The van der Waals surface area contributed by atoms with Gasteiger partial charge < -0.3 is 26.5 Å². The number of rotatable bonds is 4. The van der Waals surface area contributed by atoms with Crippen LogP contribution < -0.4 is 16.4 Å². The molecule has 0 radical (unpaired) electrons. The van der Waals surface area contributed by atoms with Gasteiger partial charge in [-0.05, 0) is 42.0 Å². The van der Waals surface area contributed by atoms with E-state index in [1.54, 1.807) is 48.8 Å². The fourth-order valence-electron chi connectivity index (χ4n) is 3.11. The molecule has 0 aliphatic rings. The maximum Gasteiger partial charge on any atom is 0.490 e. The van der Waals surface area contributed by atoms with Gasteiger partial charge in [0, 0.05) is 33.5 Å². The number of amides is 3. The Labute approximate surface area is 206 Å². The molecule has 0 aliphatic carbocycles. The molecule has 0 bridgehead atoms. The molecule has 2 aromatic carbocycles. The Morgan fingerprint density at radius 3 is 2.22 bits per heavy atom. The Kier molecular flexibility index (Phi) is 7.80. The lowest BCUT2D eigenvalue weighted by Crippen LogP contribution is -2.21. The number of H-pyrrole nitrogens is 1. The van der Waals surface area contributed by atoms with Crippen LogP contribution in [0.1, 0.15) is 10.5 Å². The van der Waals surface area contributed by atoms with Crippen molar-refractivity contribution in [3.63, 3.8) is 0 Å². The molecule has 0 fully saturated rings. The highest BCUT2D eigenvalue weighted by Crippen LogP contribution is 2.32. The van der Waals surface area contributed by atoms with Gasteiger partial charge in [-0.3, -0.25) is 9.78 Å². The predicted octanol–water partition coefficient (Wildman–Crippen LogP) is 5.26. The van der Waals surface area contributed by atoms with Crippen LogP contribution in [0.15, 0.2) is 67.0 Å². The number of urea groups is 1. The van der Waals surface area contributed by atoms with Crippen LogP contribution in [0, 0.1) is 0 Å². The number of aromatic amines is 1. The van der Waals surface area contributed by atoms with Crippen LogP contribution in [0.4, 0.5) is 29.3 Å². The standard InChI is InChI=1S/C21H16ClN5O2.C2HF3O2/c22-13-2-1-3-15(10-13)26-21(29)25-14-6-4-12(5-7-14)18-16-8-9-24-11-17(16)27-19(18)20(23)28;3-2(4,5)1(6)7/h1-11,27H,(H2,23,28)(H2,25,26,29);(H,6,7). The van der Waals surface area contributed by atoms with E-state index in [1.165, 1.54) is 0 Å². The highest BCUT2D eigenvalue weighted by atomic mass is 35.5. The van der Waals surface area contributed by atoms with Crippen molar-refractivity contribution in [2.45, 2.75) is 6.18 Å². The number of aromatic nitrogens is 2. The molecular formula is C23H17ClF3N5O4. The average Bonchev–Trinajstić information content (AvgIpc) is 3.19. The Morgan fingerprint density at radius 2 is 1.64 bits per heavy atom. The fraction of sp³-hybridized carbons (Fsp3) is 0.0435. The lowest BCUT2D eigenvalue weighted by Gasteiger charge is -2.09. The molecule has 13 heteroatoms. The molecule has 0 aliphatic heterocycles. The van der Waals surface area contributed by atoms with Crippen molar-refractivity contribution in [1.82, 2.24) is 9.97 Å². The second-order valence-corrected chi connectivity index (χ2v) is 7.57. The van der Waals surface area contributed by atoms with Gasteiger partial charge in [0.05, 0.1) is 11.7 Å². The van der Waals surface area contributed by atoms with E-state index < -0.39 is 24.1 Å². The molecule has 0 saturated carbocycles. The number of nitrogens with one attached hydrogen (secondary N) is 3. The van der Waals surface area contributed by atoms with Gasteiger partial charge in [-0.2, -0.15) is 13.2 Å². The number of carbonyl (C=O) groups is 3. The Balaban J connectivity index is 0.000000454. The second kappa shape index (κ2) is 10.8. The summed E-state index contributed by atoms with van der Waals surface area (Å²) in [4.78, 5) is 40.0. The number of carboxylic acids is 1. The van der Waals surface area contributed by atoms with Gasteiger partial charge in [-0.1, -0.05) is 29.8 Å². The van der Waals surface area contributed by atoms with Crippen LogP contribution >= 0.6 is 11.6 Å². The van der Waals surface area contributed by atoms with E-state index in [2.05, 4.69) is 20.6 Å². The summed E-state index contributed by atoms with van der Waals surface area (Å²) < 4.78 is 31.7. The second-order valence-electron chi connectivity index (χ2n) is 7.13. The van der Waals surface area contributed by atoms with Crippen molar-refractivity contribution < 1.29 is 32.7 Å². The van der Waals surface area contributed by atoms with E-state index in [0.29, 0.717) is 27.7 Å². The smallest absolute Gasteiger partial charge is 0.475 e. The quantitative estimate of drug-likeness (QED) is 0.249.